The van der Waals surface area contributed by atoms with E-state index in [0.29, 0.717) is 35.6 Å². The lowest BCUT2D eigenvalue weighted by Crippen LogP contribution is -2.31. The van der Waals surface area contributed by atoms with Crippen molar-refractivity contribution in [2.24, 2.45) is 0 Å². The molecule has 3 aromatic carbocycles. The van der Waals surface area contributed by atoms with E-state index in [2.05, 4.69) is 5.32 Å². The average molecular weight is 480 g/mol. The van der Waals surface area contributed by atoms with Gasteiger partial charge in [-0.1, -0.05) is 29.8 Å². The second-order valence-corrected chi connectivity index (χ2v) is 9.78. The van der Waals surface area contributed by atoms with Crippen LogP contribution in [0, 0.1) is 6.92 Å². The summed E-state index contributed by atoms with van der Waals surface area (Å²) in [6.07, 6.45) is 0. The molecule has 0 unspecified atom stereocenters. The van der Waals surface area contributed by atoms with Crippen molar-refractivity contribution in [3.63, 3.8) is 0 Å². The molecule has 0 saturated heterocycles. The summed E-state index contributed by atoms with van der Waals surface area (Å²) in [7, 11) is -2.26. The second kappa shape index (κ2) is 10.5. The molecular formula is C26H29N3O4S. The fraction of sp³-hybridized carbons (Fsp3) is 0.231. The minimum Gasteiger partial charge on any atom is -0.339 e. The summed E-state index contributed by atoms with van der Waals surface area (Å²) in [5, 5.41) is 2.80. The van der Waals surface area contributed by atoms with Crippen LogP contribution in [0.4, 0.5) is 11.4 Å². The van der Waals surface area contributed by atoms with E-state index in [-0.39, 0.29) is 10.8 Å². The molecule has 0 aromatic heterocycles. The van der Waals surface area contributed by atoms with Gasteiger partial charge in [-0.25, -0.2) is 8.42 Å². The third-order valence-corrected chi connectivity index (χ3v) is 7.43. The first-order valence-corrected chi connectivity index (χ1v) is 12.5. The van der Waals surface area contributed by atoms with E-state index in [9.17, 15) is 18.0 Å². The van der Waals surface area contributed by atoms with Crippen molar-refractivity contribution in [1.29, 1.82) is 0 Å². The Morgan fingerprint density at radius 2 is 1.44 bits per heavy atom. The topological polar surface area (TPSA) is 86.8 Å². The van der Waals surface area contributed by atoms with Crippen molar-refractivity contribution in [1.82, 2.24) is 4.90 Å². The zero-order chi connectivity index (χ0) is 24.9. The Kier molecular flexibility index (Phi) is 7.73. The first-order valence-electron chi connectivity index (χ1n) is 11.0. The number of hydrogen-bond donors (Lipinski definition) is 1. The molecule has 34 heavy (non-hydrogen) atoms. The van der Waals surface area contributed by atoms with Gasteiger partial charge < -0.3 is 10.2 Å². The number of aryl methyl sites for hydroxylation is 1. The fourth-order valence-corrected chi connectivity index (χ4v) is 4.68. The molecule has 0 heterocycles. The lowest BCUT2D eigenvalue weighted by atomic mass is 10.1. The standard InChI is InChI=1S/C26H29N3O4S/c1-5-29(6-2)26(31)23-9-7-8-10-24(23)27-25(30)20-13-15-21(16-14-20)28(4)34(32,33)22-17-11-19(3)12-18-22/h7-18H,5-6H2,1-4H3,(H,27,30). The van der Waals surface area contributed by atoms with Gasteiger partial charge in [0, 0.05) is 25.7 Å². The van der Waals surface area contributed by atoms with Crippen LogP contribution < -0.4 is 9.62 Å². The van der Waals surface area contributed by atoms with E-state index >= 15 is 0 Å². The predicted octanol–water partition coefficient (Wildman–Crippen LogP) is 4.55. The monoisotopic (exact) mass is 479 g/mol. The molecule has 0 bridgehead atoms. The Bertz CT molecular complexity index is 1270. The molecular weight excluding hydrogens is 450 g/mol. The van der Waals surface area contributed by atoms with E-state index in [1.165, 1.54) is 11.4 Å². The zero-order valence-corrected chi connectivity index (χ0v) is 20.6. The van der Waals surface area contributed by atoms with Gasteiger partial charge >= 0.3 is 0 Å². The van der Waals surface area contributed by atoms with Crippen molar-refractivity contribution >= 4 is 33.2 Å². The maximum Gasteiger partial charge on any atom is 0.264 e. The normalized spacial score (nSPS) is 11.1. The molecule has 0 aliphatic carbocycles. The van der Waals surface area contributed by atoms with Gasteiger partial charge in [0.2, 0.25) is 0 Å². The number of nitrogens with one attached hydrogen (secondary N) is 1. The Labute approximate surface area is 201 Å². The van der Waals surface area contributed by atoms with Crippen molar-refractivity contribution in [3.05, 3.63) is 89.5 Å². The van der Waals surface area contributed by atoms with Crippen LogP contribution in [0.15, 0.2) is 77.7 Å². The van der Waals surface area contributed by atoms with E-state index < -0.39 is 15.9 Å². The highest BCUT2D eigenvalue weighted by Gasteiger charge is 2.22. The Morgan fingerprint density at radius 1 is 0.853 bits per heavy atom. The highest BCUT2D eigenvalue weighted by molar-refractivity contribution is 7.92. The molecule has 0 aliphatic rings. The Balaban J connectivity index is 1.79. The molecule has 2 amide bonds. The van der Waals surface area contributed by atoms with Crippen LogP contribution in [0.3, 0.4) is 0 Å². The number of carbonyl (C=O) groups is 2. The number of para-hydroxylation sites is 1. The molecule has 7 nitrogen and oxygen atoms in total. The van der Waals surface area contributed by atoms with E-state index in [1.807, 2.05) is 20.8 Å². The summed E-state index contributed by atoms with van der Waals surface area (Å²) in [5.41, 5.74) is 2.58. The summed E-state index contributed by atoms with van der Waals surface area (Å²) in [4.78, 5) is 27.5. The number of carbonyl (C=O) groups excluding carboxylic acids is 2. The number of rotatable bonds is 8. The lowest BCUT2D eigenvalue weighted by Gasteiger charge is -2.21. The van der Waals surface area contributed by atoms with Crippen molar-refractivity contribution < 1.29 is 18.0 Å². The van der Waals surface area contributed by atoms with Gasteiger partial charge in [0.05, 0.1) is 21.8 Å². The molecule has 3 aromatic rings. The van der Waals surface area contributed by atoms with Crippen molar-refractivity contribution in [2.45, 2.75) is 25.7 Å². The Hall–Kier alpha value is -3.65. The third-order valence-electron chi connectivity index (χ3n) is 5.63. The Morgan fingerprint density at radius 3 is 2.03 bits per heavy atom. The quantitative estimate of drug-likeness (QED) is 0.513. The highest BCUT2D eigenvalue weighted by atomic mass is 32.2. The minimum absolute atomic E-state index is 0.154. The zero-order valence-electron chi connectivity index (χ0n) is 19.8. The summed E-state index contributed by atoms with van der Waals surface area (Å²) >= 11 is 0. The van der Waals surface area contributed by atoms with Crippen LogP contribution in [-0.4, -0.2) is 45.3 Å². The number of amides is 2. The van der Waals surface area contributed by atoms with Crippen LogP contribution in [0.1, 0.15) is 40.1 Å². The number of nitrogens with zero attached hydrogens (tertiary/aromatic N) is 2. The van der Waals surface area contributed by atoms with Gasteiger partial charge in [-0.3, -0.25) is 13.9 Å². The maximum absolute atomic E-state index is 12.9. The molecule has 8 heteroatoms. The molecule has 0 aliphatic heterocycles. The smallest absolute Gasteiger partial charge is 0.264 e. The molecule has 1 N–H and O–H groups in total. The van der Waals surface area contributed by atoms with Gasteiger partial charge in [0.25, 0.3) is 21.8 Å². The largest absolute Gasteiger partial charge is 0.339 e. The molecule has 0 saturated carbocycles. The van der Waals surface area contributed by atoms with Gasteiger partial charge in [0.1, 0.15) is 0 Å². The number of sulfonamides is 1. The van der Waals surface area contributed by atoms with Crippen molar-refractivity contribution in [3.8, 4) is 0 Å². The molecule has 0 fully saturated rings. The summed E-state index contributed by atoms with van der Waals surface area (Å²) in [5.74, 6) is -0.547. The third kappa shape index (κ3) is 5.28. The molecule has 0 radical (unpaired) electrons. The van der Waals surface area contributed by atoms with Crippen LogP contribution in [0.25, 0.3) is 0 Å². The minimum atomic E-state index is -3.73. The maximum atomic E-state index is 12.9. The second-order valence-electron chi connectivity index (χ2n) is 7.81. The number of anilines is 2. The van der Waals surface area contributed by atoms with E-state index in [0.717, 1.165) is 5.56 Å². The summed E-state index contributed by atoms with van der Waals surface area (Å²) in [6.45, 7) is 6.83. The predicted molar refractivity (Wildman–Crippen MR) is 135 cm³/mol. The van der Waals surface area contributed by atoms with Gasteiger partial charge in [-0.2, -0.15) is 0 Å². The van der Waals surface area contributed by atoms with Crippen molar-refractivity contribution in [2.75, 3.05) is 29.8 Å². The molecule has 0 spiro atoms. The average Bonchev–Trinajstić information content (AvgIpc) is 2.85. The molecule has 178 valence electrons. The fourth-order valence-electron chi connectivity index (χ4n) is 3.48. The van der Waals surface area contributed by atoms with Crippen LogP contribution >= 0.6 is 0 Å². The first-order chi connectivity index (χ1) is 16.2. The van der Waals surface area contributed by atoms with Crippen LogP contribution in [0.5, 0.6) is 0 Å². The van der Waals surface area contributed by atoms with Gasteiger partial charge in [-0.05, 0) is 69.3 Å². The van der Waals surface area contributed by atoms with E-state index in [4.69, 9.17) is 0 Å². The van der Waals surface area contributed by atoms with E-state index in [1.54, 1.807) is 77.7 Å². The number of hydrogen-bond acceptors (Lipinski definition) is 4. The summed E-state index contributed by atoms with van der Waals surface area (Å²) < 4.78 is 27.0. The molecule has 3 rings (SSSR count). The SMILES string of the molecule is CCN(CC)C(=O)c1ccccc1NC(=O)c1ccc(N(C)S(=O)(=O)c2ccc(C)cc2)cc1. The van der Waals surface area contributed by atoms with Crippen LogP contribution in [-0.2, 0) is 10.0 Å². The van der Waals surface area contributed by atoms with Gasteiger partial charge in [0.15, 0.2) is 0 Å². The number of benzene rings is 3. The first kappa shape index (κ1) is 25.0. The molecule has 0 atom stereocenters. The summed E-state index contributed by atoms with van der Waals surface area (Å²) in [6, 6.07) is 19.8. The van der Waals surface area contributed by atoms with Crippen LogP contribution in [0.2, 0.25) is 0 Å². The lowest BCUT2D eigenvalue weighted by molar-refractivity contribution is 0.0774. The highest BCUT2D eigenvalue weighted by Crippen LogP contribution is 2.24. The van der Waals surface area contributed by atoms with Gasteiger partial charge in [-0.15, -0.1) is 0 Å².